The van der Waals surface area contributed by atoms with E-state index in [0.717, 1.165) is 27.2 Å². The fourth-order valence-corrected chi connectivity index (χ4v) is 6.50. The number of hydrogen-bond acceptors (Lipinski definition) is 8. The number of carbonyl (C=O) groups excluding carboxylic acids is 1. The van der Waals surface area contributed by atoms with Gasteiger partial charge in [-0.2, -0.15) is 5.26 Å². The van der Waals surface area contributed by atoms with Gasteiger partial charge in [-0.05, 0) is 47.9 Å². The maximum Gasteiger partial charge on any atom is 0.182 e. The van der Waals surface area contributed by atoms with Crippen LogP contribution in [0.4, 0.5) is 5.82 Å². The molecular formula is C28H26N6O2S. The van der Waals surface area contributed by atoms with E-state index in [1.807, 2.05) is 30.6 Å². The molecule has 0 spiro atoms. The molecule has 1 atom stereocenters. The number of aryl methyl sites for hydroxylation is 1. The number of ketones is 1. The van der Waals surface area contributed by atoms with Crippen LogP contribution >= 0.6 is 11.3 Å². The number of para-hydroxylation sites is 2. The maximum absolute atomic E-state index is 13.7. The normalized spacial score (nSPS) is 19.5. The Balaban J connectivity index is 1.45. The fourth-order valence-electron chi connectivity index (χ4n) is 5.48. The van der Waals surface area contributed by atoms with Crippen LogP contribution in [-0.2, 0) is 11.3 Å². The van der Waals surface area contributed by atoms with Gasteiger partial charge in [0, 0.05) is 35.2 Å². The molecule has 1 aromatic carbocycles. The van der Waals surface area contributed by atoms with Crippen molar-refractivity contribution in [3.8, 4) is 6.07 Å². The fraction of sp³-hybridized carbons (Fsp3) is 0.286. The van der Waals surface area contributed by atoms with Gasteiger partial charge >= 0.3 is 0 Å². The summed E-state index contributed by atoms with van der Waals surface area (Å²) < 4.78 is 7.43. The molecule has 1 aliphatic carbocycles. The molecule has 4 heterocycles. The van der Waals surface area contributed by atoms with Crippen molar-refractivity contribution in [1.82, 2.24) is 14.7 Å². The molecule has 0 radical (unpaired) electrons. The van der Waals surface area contributed by atoms with E-state index in [4.69, 9.17) is 10.3 Å². The second kappa shape index (κ2) is 8.46. The van der Waals surface area contributed by atoms with Gasteiger partial charge in [-0.15, -0.1) is 11.3 Å². The van der Waals surface area contributed by atoms with Gasteiger partial charge in [0.1, 0.15) is 11.6 Å². The number of fused-ring (bicyclic) bond motifs is 1. The van der Waals surface area contributed by atoms with Gasteiger partial charge in [-0.3, -0.25) is 9.69 Å². The number of carbonyl (C=O) groups is 1. The number of hydrogen-bond donors (Lipinski definition) is 1. The van der Waals surface area contributed by atoms with Crippen LogP contribution in [0.2, 0.25) is 0 Å². The van der Waals surface area contributed by atoms with Crippen molar-refractivity contribution in [2.24, 2.45) is 11.1 Å². The maximum atomic E-state index is 13.7. The Kier molecular flexibility index (Phi) is 5.31. The lowest BCUT2D eigenvalue weighted by Gasteiger charge is -2.42. The van der Waals surface area contributed by atoms with Crippen molar-refractivity contribution in [2.45, 2.75) is 46.1 Å². The summed E-state index contributed by atoms with van der Waals surface area (Å²) in [6.45, 7) is 6.60. The minimum absolute atomic E-state index is 0.0391. The zero-order valence-corrected chi connectivity index (χ0v) is 21.7. The average Bonchev–Trinajstić information content (AvgIpc) is 3.59. The number of Topliss-reactive ketones (excluding diaryl/α,β-unsaturated/α-hetero) is 1. The molecule has 0 bridgehead atoms. The van der Waals surface area contributed by atoms with E-state index in [1.165, 1.54) is 0 Å². The predicted molar refractivity (Wildman–Crippen MR) is 141 cm³/mol. The molecule has 0 amide bonds. The van der Waals surface area contributed by atoms with Crippen molar-refractivity contribution in [1.29, 1.82) is 5.26 Å². The molecule has 0 fully saturated rings. The zero-order valence-electron chi connectivity index (χ0n) is 20.9. The SMILES string of the molecule is Cc1cc(N2C(N)=C(C#N)C(c3cc(Cn4cnc5ccccc54)cs3)C3=C2CC(C)(C)CC3=O)no1. The molecule has 4 aromatic rings. The van der Waals surface area contributed by atoms with E-state index in [9.17, 15) is 10.1 Å². The van der Waals surface area contributed by atoms with Crippen LogP contribution in [0.1, 0.15) is 48.8 Å². The van der Waals surface area contributed by atoms with Crippen LogP contribution in [0.5, 0.6) is 0 Å². The summed E-state index contributed by atoms with van der Waals surface area (Å²) in [6.07, 6.45) is 2.88. The lowest BCUT2D eigenvalue weighted by atomic mass is 9.70. The molecule has 2 N–H and O–H groups in total. The standard InChI is InChI=1S/C28H26N6O2S/c1-16-8-24(32-36-16)34-21-10-28(2,3)11-22(35)26(21)25(18(12-29)27(34)30)23-9-17(14-37-23)13-33-15-31-19-6-4-5-7-20(19)33/h4-9,14-15,25H,10-11,13,30H2,1-3H3. The Morgan fingerprint density at radius 3 is 2.84 bits per heavy atom. The summed E-state index contributed by atoms with van der Waals surface area (Å²) in [7, 11) is 0. The minimum atomic E-state index is -0.508. The number of rotatable bonds is 4. The summed E-state index contributed by atoms with van der Waals surface area (Å²) >= 11 is 1.55. The topological polar surface area (TPSA) is 114 Å². The van der Waals surface area contributed by atoms with Crippen LogP contribution in [-0.4, -0.2) is 20.5 Å². The van der Waals surface area contributed by atoms with Crippen molar-refractivity contribution in [3.05, 3.63) is 87.0 Å². The number of anilines is 1. The van der Waals surface area contributed by atoms with Crippen LogP contribution in [0, 0.1) is 23.7 Å². The van der Waals surface area contributed by atoms with Gasteiger partial charge in [0.25, 0.3) is 0 Å². The molecule has 0 saturated heterocycles. The van der Waals surface area contributed by atoms with Crippen LogP contribution in [0.3, 0.4) is 0 Å². The smallest absolute Gasteiger partial charge is 0.182 e. The van der Waals surface area contributed by atoms with Gasteiger partial charge in [-0.1, -0.05) is 31.1 Å². The number of aromatic nitrogens is 3. The summed E-state index contributed by atoms with van der Waals surface area (Å²) in [5.41, 5.74) is 11.3. The first-order chi connectivity index (χ1) is 17.8. The summed E-state index contributed by atoms with van der Waals surface area (Å²) in [6, 6.07) is 14.2. The van der Waals surface area contributed by atoms with E-state index in [2.05, 4.69) is 46.1 Å². The van der Waals surface area contributed by atoms with Crippen molar-refractivity contribution in [2.75, 3.05) is 4.90 Å². The van der Waals surface area contributed by atoms with E-state index < -0.39 is 5.92 Å². The molecule has 8 nitrogen and oxygen atoms in total. The number of nitrogens with two attached hydrogens (primary N) is 1. The first-order valence-corrected chi connectivity index (χ1v) is 13.0. The first kappa shape index (κ1) is 23.3. The number of thiophene rings is 1. The first-order valence-electron chi connectivity index (χ1n) is 12.1. The lowest BCUT2D eigenvalue weighted by Crippen LogP contribution is -2.42. The Hall–Kier alpha value is -4.16. The third-order valence-corrected chi connectivity index (χ3v) is 8.11. The minimum Gasteiger partial charge on any atom is -0.384 e. The van der Waals surface area contributed by atoms with Crippen LogP contribution < -0.4 is 10.6 Å². The molecule has 6 rings (SSSR count). The predicted octanol–water partition coefficient (Wildman–Crippen LogP) is 5.38. The second-order valence-electron chi connectivity index (χ2n) is 10.5. The van der Waals surface area contributed by atoms with Gasteiger partial charge in [0.05, 0.1) is 34.9 Å². The van der Waals surface area contributed by atoms with E-state index in [-0.39, 0.29) is 11.2 Å². The number of nitriles is 1. The van der Waals surface area contributed by atoms with E-state index in [0.29, 0.717) is 47.9 Å². The third kappa shape index (κ3) is 3.85. The van der Waals surface area contributed by atoms with Crippen LogP contribution in [0.25, 0.3) is 11.0 Å². The highest BCUT2D eigenvalue weighted by Gasteiger charge is 2.45. The molecule has 0 saturated carbocycles. The molecular weight excluding hydrogens is 484 g/mol. The largest absolute Gasteiger partial charge is 0.384 e. The quantitative estimate of drug-likeness (QED) is 0.392. The molecule has 9 heteroatoms. The van der Waals surface area contributed by atoms with Gasteiger partial charge < -0.3 is 14.8 Å². The van der Waals surface area contributed by atoms with E-state index in [1.54, 1.807) is 29.2 Å². The van der Waals surface area contributed by atoms with Crippen molar-refractivity contribution in [3.63, 3.8) is 0 Å². The third-order valence-electron chi connectivity index (χ3n) is 7.06. The highest BCUT2D eigenvalue weighted by Crippen LogP contribution is 2.51. The van der Waals surface area contributed by atoms with Crippen LogP contribution in [0.15, 0.2) is 75.3 Å². The highest BCUT2D eigenvalue weighted by molar-refractivity contribution is 7.10. The van der Waals surface area contributed by atoms with E-state index >= 15 is 0 Å². The molecule has 1 aliphatic heterocycles. The molecule has 3 aromatic heterocycles. The zero-order chi connectivity index (χ0) is 25.9. The summed E-state index contributed by atoms with van der Waals surface area (Å²) in [4.78, 5) is 20.8. The summed E-state index contributed by atoms with van der Waals surface area (Å²) in [5, 5.41) is 16.5. The van der Waals surface area contributed by atoms with Crippen molar-refractivity contribution >= 4 is 34.0 Å². The monoisotopic (exact) mass is 510 g/mol. The lowest BCUT2D eigenvalue weighted by molar-refractivity contribution is -0.118. The Bertz CT molecular complexity index is 1660. The molecule has 37 heavy (non-hydrogen) atoms. The Labute approximate surface area is 218 Å². The molecule has 1 unspecified atom stereocenters. The average molecular weight is 511 g/mol. The van der Waals surface area contributed by atoms with Crippen molar-refractivity contribution < 1.29 is 9.32 Å². The van der Waals surface area contributed by atoms with Gasteiger partial charge in [0.2, 0.25) is 0 Å². The molecule has 2 aliphatic rings. The Morgan fingerprint density at radius 1 is 1.27 bits per heavy atom. The number of benzene rings is 1. The number of imidazole rings is 1. The molecule has 186 valence electrons. The second-order valence-corrected chi connectivity index (χ2v) is 11.4. The number of allylic oxidation sites excluding steroid dienone is 3. The Morgan fingerprint density at radius 2 is 2.08 bits per heavy atom. The van der Waals surface area contributed by atoms with Gasteiger partial charge in [-0.25, -0.2) is 4.98 Å². The van der Waals surface area contributed by atoms with Gasteiger partial charge in [0.15, 0.2) is 11.6 Å². The summed E-state index contributed by atoms with van der Waals surface area (Å²) in [5.74, 6) is 0.934. The number of nitrogens with zero attached hydrogens (tertiary/aromatic N) is 5. The highest BCUT2D eigenvalue weighted by atomic mass is 32.1.